The van der Waals surface area contributed by atoms with Crippen molar-refractivity contribution in [1.29, 1.82) is 0 Å². The molecule has 0 bridgehead atoms. The molecule has 1 N–H and O–H groups in total. The molecule has 0 saturated heterocycles. The zero-order valence-corrected chi connectivity index (χ0v) is 12.5. The van der Waals surface area contributed by atoms with E-state index in [1.54, 1.807) is 14.2 Å². The number of nitrogens with zero attached hydrogens (tertiary/aromatic N) is 2. The van der Waals surface area contributed by atoms with Gasteiger partial charge in [0.15, 0.2) is 5.82 Å². The van der Waals surface area contributed by atoms with Gasteiger partial charge in [-0.05, 0) is 12.1 Å². The number of hydrogen-bond acceptors (Lipinski definition) is 6. The molecule has 20 heavy (non-hydrogen) atoms. The molecular weight excluding hydrogens is 274 g/mol. The SMILES string of the molecule is CNc1cc(Sc2ccccc2OC)nc(COC)n1. The number of benzene rings is 1. The summed E-state index contributed by atoms with van der Waals surface area (Å²) in [7, 11) is 5.12. The summed E-state index contributed by atoms with van der Waals surface area (Å²) >= 11 is 1.54. The fourth-order valence-corrected chi connectivity index (χ4v) is 2.61. The minimum atomic E-state index is 0.384. The van der Waals surface area contributed by atoms with Crippen LogP contribution in [0.2, 0.25) is 0 Å². The van der Waals surface area contributed by atoms with Crippen LogP contribution in [0, 0.1) is 0 Å². The van der Waals surface area contributed by atoms with Crippen LogP contribution in [-0.2, 0) is 11.3 Å². The number of para-hydroxylation sites is 1. The van der Waals surface area contributed by atoms with Gasteiger partial charge in [-0.25, -0.2) is 9.97 Å². The molecule has 0 aliphatic carbocycles. The smallest absolute Gasteiger partial charge is 0.157 e. The van der Waals surface area contributed by atoms with Gasteiger partial charge in [-0.15, -0.1) is 0 Å². The molecule has 0 atom stereocenters. The molecule has 0 spiro atoms. The van der Waals surface area contributed by atoms with E-state index in [0.29, 0.717) is 12.4 Å². The van der Waals surface area contributed by atoms with Gasteiger partial charge in [0.05, 0.1) is 12.0 Å². The molecule has 0 unspecified atom stereocenters. The summed E-state index contributed by atoms with van der Waals surface area (Å²) in [5, 5.41) is 3.88. The highest BCUT2D eigenvalue weighted by Crippen LogP contribution is 2.34. The molecule has 1 aromatic heterocycles. The molecule has 6 heteroatoms. The molecule has 2 rings (SSSR count). The number of hydrogen-bond donors (Lipinski definition) is 1. The number of ether oxygens (including phenoxy) is 2. The average molecular weight is 291 g/mol. The van der Waals surface area contributed by atoms with Crippen LogP contribution in [0.1, 0.15) is 5.82 Å². The highest BCUT2D eigenvalue weighted by atomic mass is 32.2. The van der Waals surface area contributed by atoms with Crippen LogP contribution in [0.15, 0.2) is 40.3 Å². The van der Waals surface area contributed by atoms with Crippen LogP contribution in [0.3, 0.4) is 0 Å². The lowest BCUT2D eigenvalue weighted by molar-refractivity contribution is 0.177. The second kappa shape index (κ2) is 7.12. The summed E-state index contributed by atoms with van der Waals surface area (Å²) < 4.78 is 10.4. The first-order valence-corrected chi connectivity index (χ1v) is 6.94. The van der Waals surface area contributed by atoms with Crippen molar-refractivity contribution < 1.29 is 9.47 Å². The minimum absolute atomic E-state index is 0.384. The fourth-order valence-electron chi connectivity index (χ4n) is 1.66. The summed E-state index contributed by atoms with van der Waals surface area (Å²) in [6, 6.07) is 9.74. The van der Waals surface area contributed by atoms with Crippen molar-refractivity contribution in [2.75, 3.05) is 26.6 Å². The molecule has 1 aromatic carbocycles. The van der Waals surface area contributed by atoms with Crippen molar-refractivity contribution >= 4 is 17.6 Å². The van der Waals surface area contributed by atoms with E-state index in [4.69, 9.17) is 9.47 Å². The van der Waals surface area contributed by atoms with Crippen molar-refractivity contribution in [1.82, 2.24) is 9.97 Å². The van der Waals surface area contributed by atoms with Crippen LogP contribution in [0.4, 0.5) is 5.82 Å². The Labute approximate surface area is 122 Å². The summed E-state index contributed by atoms with van der Waals surface area (Å²) in [6.07, 6.45) is 0. The quantitative estimate of drug-likeness (QED) is 0.826. The second-order valence-corrected chi connectivity index (χ2v) is 5.01. The van der Waals surface area contributed by atoms with Crippen LogP contribution in [0.5, 0.6) is 5.75 Å². The second-order valence-electron chi connectivity index (χ2n) is 3.94. The first-order chi connectivity index (χ1) is 9.76. The zero-order valence-electron chi connectivity index (χ0n) is 11.7. The van der Waals surface area contributed by atoms with Gasteiger partial charge >= 0.3 is 0 Å². The van der Waals surface area contributed by atoms with Gasteiger partial charge in [0.2, 0.25) is 0 Å². The van der Waals surface area contributed by atoms with E-state index in [-0.39, 0.29) is 0 Å². The van der Waals surface area contributed by atoms with E-state index >= 15 is 0 Å². The monoisotopic (exact) mass is 291 g/mol. The van der Waals surface area contributed by atoms with Gasteiger partial charge in [-0.2, -0.15) is 0 Å². The number of nitrogens with one attached hydrogen (secondary N) is 1. The van der Waals surface area contributed by atoms with Crippen LogP contribution in [-0.4, -0.2) is 31.2 Å². The topological polar surface area (TPSA) is 56.3 Å². The Hall–Kier alpha value is -1.79. The predicted molar refractivity (Wildman–Crippen MR) is 79.4 cm³/mol. The Morgan fingerprint density at radius 2 is 2.00 bits per heavy atom. The number of anilines is 1. The Bertz CT molecular complexity index is 578. The molecule has 0 amide bonds. The van der Waals surface area contributed by atoms with E-state index in [1.165, 1.54) is 11.8 Å². The molecule has 0 aliphatic rings. The van der Waals surface area contributed by atoms with Gasteiger partial charge in [0.1, 0.15) is 23.2 Å². The lowest BCUT2D eigenvalue weighted by Crippen LogP contribution is -2.02. The van der Waals surface area contributed by atoms with Crippen LogP contribution >= 0.6 is 11.8 Å². The van der Waals surface area contributed by atoms with Gasteiger partial charge in [-0.3, -0.25) is 0 Å². The zero-order chi connectivity index (χ0) is 14.4. The minimum Gasteiger partial charge on any atom is -0.496 e. The van der Waals surface area contributed by atoms with Crippen molar-refractivity contribution in [3.8, 4) is 5.75 Å². The molecule has 0 saturated carbocycles. The van der Waals surface area contributed by atoms with Gasteiger partial charge in [0.25, 0.3) is 0 Å². The Morgan fingerprint density at radius 3 is 2.70 bits per heavy atom. The van der Waals surface area contributed by atoms with Gasteiger partial charge in [0, 0.05) is 20.2 Å². The van der Waals surface area contributed by atoms with Gasteiger partial charge < -0.3 is 14.8 Å². The predicted octanol–water partition coefficient (Wildman–Crippen LogP) is 2.82. The molecule has 0 aliphatic heterocycles. The van der Waals surface area contributed by atoms with Crippen molar-refractivity contribution in [3.05, 3.63) is 36.2 Å². The average Bonchev–Trinajstić information content (AvgIpc) is 2.48. The lowest BCUT2D eigenvalue weighted by atomic mass is 10.3. The number of aromatic nitrogens is 2. The third kappa shape index (κ3) is 3.61. The highest BCUT2D eigenvalue weighted by molar-refractivity contribution is 7.99. The maximum Gasteiger partial charge on any atom is 0.157 e. The molecule has 5 nitrogen and oxygen atoms in total. The normalized spacial score (nSPS) is 10.3. The van der Waals surface area contributed by atoms with Crippen molar-refractivity contribution in [3.63, 3.8) is 0 Å². The molecule has 0 radical (unpaired) electrons. The molecular formula is C14H17N3O2S. The largest absolute Gasteiger partial charge is 0.496 e. The molecule has 106 valence electrons. The Balaban J connectivity index is 2.30. The van der Waals surface area contributed by atoms with E-state index in [0.717, 1.165) is 21.5 Å². The Morgan fingerprint density at radius 1 is 1.20 bits per heavy atom. The van der Waals surface area contributed by atoms with Crippen LogP contribution in [0.25, 0.3) is 0 Å². The first-order valence-electron chi connectivity index (χ1n) is 6.12. The summed E-state index contributed by atoms with van der Waals surface area (Å²) in [5.74, 6) is 2.25. The summed E-state index contributed by atoms with van der Waals surface area (Å²) in [5.41, 5.74) is 0. The third-order valence-electron chi connectivity index (χ3n) is 2.56. The molecule has 2 aromatic rings. The number of methoxy groups -OCH3 is 2. The van der Waals surface area contributed by atoms with E-state index in [2.05, 4.69) is 15.3 Å². The lowest BCUT2D eigenvalue weighted by Gasteiger charge is -2.09. The summed E-state index contributed by atoms with van der Waals surface area (Å²) in [4.78, 5) is 9.82. The maximum absolute atomic E-state index is 5.35. The van der Waals surface area contributed by atoms with Crippen LogP contribution < -0.4 is 10.1 Å². The molecule has 0 fully saturated rings. The third-order valence-corrected chi connectivity index (χ3v) is 3.54. The maximum atomic E-state index is 5.35. The van der Waals surface area contributed by atoms with E-state index < -0.39 is 0 Å². The van der Waals surface area contributed by atoms with E-state index in [1.807, 2.05) is 37.4 Å². The standard InChI is InChI=1S/C14H17N3O2S/c1-15-12-8-14(17-13(16-12)9-18-2)20-11-7-5-4-6-10(11)19-3/h4-8H,9H2,1-3H3,(H,15,16,17). The first kappa shape index (κ1) is 14.6. The van der Waals surface area contributed by atoms with Crippen molar-refractivity contribution in [2.45, 2.75) is 16.5 Å². The fraction of sp³-hybridized carbons (Fsp3) is 0.286. The highest BCUT2D eigenvalue weighted by Gasteiger charge is 2.08. The molecule has 1 heterocycles. The number of rotatable bonds is 6. The van der Waals surface area contributed by atoms with E-state index in [9.17, 15) is 0 Å². The van der Waals surface area contributed by atoms with Gasteiger partial charge in [-0.1, -0.05) is 23.9 Å². The van der Waals surface area contributed by atoms with Crippen molar-refractivity contribution in [2.24, 2.45) is 0 Å². The Kier molecular flexibility index (Phi) is 5.20. The summed E-state index contributed by atoms with van der Waals surface area (Å²) in [6.45, 7) is 0.384.